The lowest BCUT2D eigenvalue weighted by Crippen LogP contribution is -2.49. The molecule has 17 heavy (non-hydrogen) atoms. The molecule has 2 rings (SSSR count). The van der Waals surface area contributed by atoms with Crippen molar-refractivity contribution in [1.82, 2.24) is 10.2 Å². The number of rotatable bonds is 4. The molecule has 1 atom stereocenters. The summed E-state index contributed by atoms with van der Waals surface area (Å²) in [5.74, 6) is 0. The summed E-state index contributed by atoms with van der Waals surface area (Å²) in [6.45, 7) is 7.81. The molecule has 100 valence electrons. The largest absolute Gasteiger partial charge is 0.389 e. The molecular weight excluding hydrogens is 212 g/mol. The van der Waals surface area contributed by atoms with Gasteiger partial charge in [0.25, 0.3) is 0 Å². The van der Waals surface area contributed by atoms with Crippen LogP contribution in [0.4, 0.5) is 0 Å². The number of hydrogen-bond acceptors (Lipinski definition) is 3. The van der Waals surface area contributed by atoms with Crippen molar-refractivity contribution >= 4 is 0 Å². The highest BCUT2D eigenvalue weighted by Crippen LogP contribution is 2.31. The minimum Gasteiger partial charge on any atom is -0.389 e. The van der Waals surface area contributed by atoms with Gasteiger partial charge >= 0.3 is 0 Å². The number of nitrogens with one attached hydrogen (secondary N) is 1. The molecule has 0 radical (unpaired) electrons. The summed E-state index contributed by atoms with van der Waals surface area (Å²) in [4.78, 5) is 2.57. The van der Waals surface area contributed by atoms with Crippen LogP contribution in [0.2, 0.25) is 0 Å². The van der Waals surface area contributed by atoms with Crippen LogP contribution < -0.4 is 5.32 Å². The van der Waals surface area contributed by atoms with Crippen LogP contribution in [0, 0.1) is 0 Å². The van der Waals surface area contributed by atoms with Gasteiger partial charge in [-0.05, 0) is 65.5 Å². The van der Waals surface area contributed by atoms with E-state index >= 15 is 0 Å². The fraction of sp³-hybridized carbons (Fsp3) is 1.00. The minimum atomic E-state index is -0.371. The van der Waals surface area contributed by atoms with Crippen LogP contribution in [0.15, 0.2) is 0 Å². The zero-order valence-electron chi connectivity index (χ0n) is 11.4. The first kappa shape index (κ1) is 13.3. The van der Waals surface area contributed by atoms with Crippen LogP contribution in [0.25, 0.3) is 0 Å². The van der Waals surface area contributed by atoms with Gasteiger partial charge < -0.3 is 15.3 Å². The molecule has 0 aromatic heterocycles. The summed E-state index contributed by atoms with van der Waals surface area (Å²) in [7, 11) is 0. The SMILES string of the molecule is CC(C)N1CCCC(NCC2(O)CCC2)CC1. The zero-order chi connectivity index (χ0) is 12.3. The lowest BCUT2D eigenvalue weighted by atomic mass is 9.80. The first-order valence-electron chi connectivity index (χ1n) is 7.29. The molecular formula is C14H28N2O. The van der Waals surface area contributed by atoms with Crippen molar-refractivity contribution < 1.29 is 5.11 Å². The third-order valence-electron chi connectivity index (χ3n) is 4.50. The molecule has 0 aromatic carbocycles. The third-order valence-corrected chi connectivity index (χ3v) is 4.50. The van der Waals surface area contributed by atoms with E-state index < -0.39 is 0 Å². The summed E-state index contributed by atoms with van der Waals surface area (Å²) in [6.07, 6.45) is 6.96. The Morgan fingerprint density at radius 2 is 2.00 bits per heavy atom. The van der Waals surface area contributed by atoms with Gasteiger partial charge in [-0.3, -0.25) is 0 Å². The van der Waals surface area contributed by atoms with E-state index in [0.717, 1.165) is 19.4 Å². The molecule has 1 aliphatic heterocycles. The van der Waals surface area contributed by atoms with Crippen molar-refractivity contribution in [2.24, 2.45) is 0 Å². The molecule has 1 aliphatic carbocycles. The Bertz CT molecular complexity index is 238. The van der Waals surface area contributed by atoms with Crippen molar-refractivity contribution in [1.29, 1.82) is 0 Å². The summed E-state index contributed by atoms with van der Waals surface area (Å²) < 4.78 is 0. The summed E-state index contributed by atoms with van der Waals surface area (Å²) in [5.41, 5.74) is -0.371. The van der Waals surface area contributed by atoms with Crippen molar-refractivity contribution in [3.8, 4) is 0 Å². The van der Waals surface area contributed by atoms with Crippen LogP contribution in [0.3, 0.4) is 0 Å². The number of hydrogen-bond donors (Lipinski definition) is 2. The maximum atomic E-state index is 10.1. The molecule has 1 saturated heterocycles. The number of aliphatic hydroxyl groups is 1. The number of nitrogens with zero attached hydrogens (tertiary/aromatic N) is 1. The first-order chi connectivity index (χ1) is 8.09. The van der Waals surface area contributed by atoms with E-state index in [2.05, 4.69) is 24.1 Å². The molecule has 0 bridgehead atoms. The van der Waals surface area contributed by atoms with Gasteiger partial charge in [0.05, 0.1) is 5.60 Å². The molecule has 1 heterocycles. The van der Waals surface area contributed by atoms with Crippen molar-refractivity contribution in [3.63, 3.8) is 0 Å². The summed E-state index contributed by atoms with van der Waals surface area (Å²) in [6, 6.07) is 1.29. The summed E-state index contributed by atoms with van der Waals surface area (Å²) >= 11 is 0. The normalized spacial score (nSPS) is 30.0. The van der Waals surface area contributed by atoms with Gasteiger partial charge in [-0.15, -0.1) is 0 Å². The Morgan fingerprint density at radius 1 is 1.24 bits per heavy atom. The van der Waals surface area contributed by atoms with Crippen molar-refractivity contribution in [3.05, 3.63) is 0 Å². The smallest absolute Gasteiger partial charge is 0.0771 e. The molecule has 2 aliphatic rings. The number of likely N-dealkylation sites (tertiary alicyclic amines) is 1. The van der Waals surface area contributed by atoms with Crippen LogP contribution in [-0.2, 0) is 0 Å². The van der Waals surface area contributed by atoms with Crippen molar-refractivity contribution in [2.45, 2.75) is 70.1 Å². The lowest BCUT2D eigenvalue weighted by molar-refractivity contribution is -0.0335. The Kier molecular flexibility index (Phi) is 4.45. The average Bonchev–Trinajstić information content (AvgIpc) is 2.49. The first-order valence-corrected chi connectivity index (χ1v) is 7.29. The monoisotopic (exact) mass is 240 g/mol. The Hall–Kier alpha value is -0.120. The topological polar surface area (TPSA) is 35.5 Å². The summed E-state index contributed by atoms with van der Waals surface area (Å²) in [5, 5.41) is 13.7. The maximum Gasteiger partial charge on any atom is 0.0771 e. The van der Waals surface area contributed by atoms with E-state index in [1.54, 1.807) is 0 Å². The van der Waals surface area contributed by atoms with Gasteiger partial charge in [-0.2, -0.15) is 0 Å². The maximum absolute atomic E-state index is 10.1. The van der Waals surface area contributed by atoms with E-state index in [0.29, 0.717) is 12.1 Å². The standard InChI is InChI=1S/C14H28N2O/c1-12(2)16-9-3-5-13(6-10-16)15-11-14(17)7-4-8-14/h12-13,15,17H,3-11H2,1-2H3. The second-order valence-electron chi connectivity index (χ2n) is 6.22. The van der Waals surface area contributed by atoms with E-state index in [-0.39, 0.29) is 5.60 Å². The molecule has 1 saturated carbocycles. The Balaban J connectivity index is 1.71. The highest BCUT2D eigenvalue weighted by atomic mass is 16.3. The third kappa shape index (κ3) is 3.67. The molecule has 2 fully saturated rings. The predicted octanol–water partition coefficient (Wildman–Crippen LogP) is 1.75. The van der Waals surface area contributed by atoms with Crippen LogP contribution in [0.1, 0.15) is 52.4 Å². The molecule has 3 heteroatoms. The van der Waals surface area contributed by atoms with Gasteiger partial charge in [0.15, 0.2) is 0 Å². The van der Waals surface area contributed by atoms with Crippen LogP contribution in [-0.4, -0.2) is 47.3 Å². The lowest BCUT2D eigenvalue weighted by Gasteiger charge is -2.38. The van der Waals surface area contributed by atoms with Gasteiger partial charge in [0.2, 0.25) is 0 Å². The highest BCUT2D eigenvalue weighted by Gasteiger charge is 2.34. The molecule has 3 nitrogen and oxygen atoms in total. The quantitative estimate of drug-likeness (QED) is 0.786. The van der Waals surface area contributed by atoms with Crippen molar-refractivity contribution in [2.75, 3.05) is 19.6 Å². The molecule has 2 N–H and O–H groups in total. The van der Waals surface area contributed by atoms with E-state index in [9.17, 15) is 5.11 Å². The fourth-order valence-corrected chi connectivity index (χ4v) is 2.94. The molecule has 0 amide bonds. The second kappa shape index (κ2) is 5.68. The average molecular weight is 240 g/mol. The van der Waals surface area contributed by atoms with E-state index in [4.69, 9.17) is 0 Å². The predicted molar refractivity (Wildman–Crippen MR) is 71.2 cm³/mol. The molecule has 0 aromatic rings. The second-order valence-corrected chi connectivity index (χ2v) is 6.22. The van der Waals surface area contributed by atoms with Gasteiger partial charge in [-0.1, -0.05) is 0 Å². The minimum absolute atomic E-state index is 0.371. The van der Waals surface area contributed by atoms with E-state index in [1.165, 1.54) is 38.8 Å². The highest BCUT2D eigenvalue weighted by molar-refractivity contribution is 4.91. The zero-order valence-corrected chi connectivity index (χ0v) is 11.4. The molecule has 1 unspecified atom stereocenters. The van der Waals surface area contributed by atoms with Gasteiger partial charge in [0.1, 0.15) is 0 Å². The molecule has 0 spiro atoms. The van der Waals surface area contributed by atoms with E-state index in [1.807, 2.05) is 0 Å². The van der Waals surface area contributed by atoms with Gasteiger partial charge in [0, 0.05) is 18.6 Å². The van der Waals surface area contributed by atoms with Gasteiger partial charge in [-0.25, -0.2) is 0 Å². The van der Waals surface area contributed by atoms with Crippen LogP contribution >= 0.6 is 0 Å². The fourth-order valence-electron chi connectivity index (χ4n) is 2.94. The Morgan fingerprint density at radius 3 is 2.59 bits per heavy atom. The Labute approximate surface area is 106 Å². The van der Waals surface area contributed by atoms with Crippen LogP contribution in [0.5, 0.6) is 0 Å².